The minimum atomic E-state index is -0.891. The number of aromatic carboxylic acids is 1. The molecular formula is C11H15NO3S. The Bertz CT molecular complexity index is 413. The van der Waals surface area contributed by atoms with E-state index in [-0.39, 0.29) is 6.10 Å². The van der Waals surface area contributed by atoms with Crippen molar-refractivity contribution in [2.24, 2.45) is 5.92 Å². The first kappa shape index (κ1) is 11.3. The lowest BCUT2D eigenvalue weighted by Crippen LogP contribution is -2.39. The molecule has 0 spiro atoms. The van der Waals surface area contributed by atoms with Gasteiger partial charge in [-0.05, 0) is 5.92 Å². The summed E-state index contributed by atoms with van der Waals surface area (Å²) in [7, 11) is 1.97. The van der Waals surface area contributed by atoms with Gasteiger partial charge in [0.15, 0.2) is 5.75 Å². The third-order valence-electron chi connectivity index (χ3n) is 2.71. The van der Waals surface area contributed by atoms with Crippen LogP contribution in [-0.4, -0.2) is 30.8 Å². The van der Waals surface area contributed by atoms with Crippen LogP contribution in [0.25, 0.3) is 0 Å². The van der Waals surface area contributed by atoms with Crippen molar-refractivity contribution in [3.05, 3.63) is 10.9 Å². The maximum Gasteiger partial charge on any atom is 0.346 e. The molecule has 1 aliphatic rings. The van der Waals surface area contributed by atoms with Crippen LogP contribution >= 0.6 is 11.3 Å². The summed E-state index contributed by atoms with van der Waals surface area (Å²) >= 11 is 1.27. The first-order chi connectivity index (χ1) is 7.49. The van der Waals surface area contributed by atoms with E-state index in [9.17, 15) is 4.79 Å². The maximum absolute atomic E-state index is 10.9. The van der Waals surface area contributed by atoms with Gasteiger partial charge in [0, 0.05) is 13.1 Å². The van der Waals surface area contributed by atoms with Crippen molar-refractivity contribution in [3.63, 3.8) is 0 Å². The largest absolute Gasteiger partial charge is 0.485 e. The highest BCUT2D eigenvalue weighted by atomic mass is 32.1. The zero-order valence-corrected chi connectivity index (χ0v) is 10.4. The van der Waals surface area contributed by atoms with Crippen LogP contribution in [0.15, 0.2) is 6.07 Å². The van der Waals surface area contributed by atoms with E-state index in [1.165, 1.54) is 11.3 Å². The molecule has 0 aromatic carbocycles. The van der Waals surface area contributed by atoms with Crippen LogP contribution in [0.4, 0.5) is 5.00 Å². The molecule has 0 bridgehead atoms. The van der Waals surface area contributed by atoms with Gasteiger partial charge in [0.05, 0.1) is 6.54 Å². The van der Waals surface area contributed by atoms with Crippen molar-refractivity contribution >= 4 is 22.3 Å². The lowest BCUT2D eigenvalue weighted by atomic mass is 10.1. The summed E-state index contributed by atoms with van der Waals surface area (Å²) in [6, 6.07) is 1.62. The molecule has 0 radical (unpaired) electrons. The minimum Gasteiger partial charge on any atom is -0.485 e. The van der Waals surface area contributed by atoms with Crippen LogP contribution in [0.2, 0.25) is 0 Å². The fraction of sp³-hybridized carbons (Fsp3) is 0.545. The number of carboxylic acids is 1. The van der Waals surface area contributed by atoms with E-state index in [1.54, 1.807) is 6.07 Å². The molecule has 1 unspecified atom stereocenters. The molecule has 4 nitrogen and oxygen atoms in total. The quantitative estimate of drug-likeness (QED) is 0.863. The number of hydrogen-bond donors (Lipinski definition) is 1. The van der Waals surface area contributed by atoms with Gasteiger partial charge in [0.1, 0.15) is 16.0 Å². The second kappa shape index (κ2) is 3.97. The van der Waals surface area contributed by atoms with Crippen LogP contribution in [0, 0.1) is 5.92 Å². The van der Waals surface area contributed by atoms with E-state index in [4.69, 9.17) is 9.84 Å². The van der Waals surface area contributed by atoms with Gasteiger partial charge in [-0.15, -0.1) is 11.3 Å². The van der Waals surface area contributed by atoms with Gasteiger partial charge in [0.25, 0.3) is 0 Å². The van der Waals surface area contributed by atoms with Gasteiger partial charge in [-0.2, -0.15) is 0 Å². The van der Waals surface area contributed by atoms with Crippen LogP contribution < -0.4 is 9.64 Å². The normalized spacial score (nSPS) is 19.5. The molecule has 1 aliphatic heterocycles. The molecule has 2 rings (SSSR count). The summed E-state index contributed by atoms with van der Waals surface area (Å²) in [6.45, 7) is 5.02. The number of hydrogen-bond acceptors (Lipinski definition) is 4. The van der Waals surface area contributed by atoms with E-state index < -0.39 is 5.97 Å². The first-order valence-corrected chi connectivity index (χ1v) is 6.05. The zero-order chi connectivity index (χ0) is 11.9. The lowest BCUT2D eigenvalue weighted by molar-refractivity contribution is 0.0701. The number of rotatable bonds is 2. The second-order valence-electron chi connectivity index (χ2n) is 4.37. The summed E-state index contributed by atoms with van der Waals surface area (Å²) in [5.74, 6) is 0.233. The molecule has 0 amide bonds. The molecule has 88 valence electrons. The van der Waals surface area contributed by atoms with Gasteiger partial charge >= 0.3 is 5.97 Å². The highest BCUT2D eigenvalue weighted by Crippen LogP contribution is 2.41. The Kier molecular flexibility index (Phi) is 2.80. The van der Waals surface area contributed by atoms with Gasteiger partial charge in [-0.25, -0.2) is 4.79 Å². The monoisotopic (exact) mass is 241 g/mol. The third kappa shape index (κ3) is 1.87. The van der Waals surface area contributed by atoms with Crippen LogP contribution in [0.1, 0.15) is 23.5 Å². The highest BCUT2D eigenvalue weighted by molar-refractivity contribution is 7.18. The standard InChI is InChI=1S/C11H15NO3S/c1-6(2)8-5-12(3)10-7(15-8)4-9(16-10)11(13)14/h4,6,8H,5H2,1-3H3,(H,13,14). The third-order valence-corrected chi connectivity index (χ3v) is 3.93. The first-order valence-electron chi connectivity index (χ1n) is 5.24. The molecule has 1 aromatic rings. The molecule has 1 N–H and O–H groups in total. The molecule has 0 aliphatic carbocycles. The van der Waals surface area contributed by atoms with E-state index >= 15 is 0 Å². The number of fused-ring (bicyclic) bond motifs is 1. The van der Waals surface area contributed by atoms with E-state index in [0.717, 1.165) is 11.5 Å². The highest BCUT2D eigenvalue weighted by Gasteiger charge is 2.28. The summed E-state index contributed by atoms with van der Waals surface area (Å²) in [6.07, 6.45) is 0.133. The van der Waals surface area contributed by atoms with Gasteiger partial charge in [-0.1, -0.05) is 13.8 Å². The molecule has 5 heteroatoms. The number of anilines is 1. The predicted molar refractivity (Wildman–Crippen MR) is 63.8 cm³/mol. The SMILES string of the molecule is CC(C)C1CN(C)c2sc(C(=O)O)cc2O1. The Morgan fingerprint density at radius 3 is 2.94 bits per heavy atom. The van der Waals surface area contributed by atoms with Crippen LogP contribution in [0.3, 0.4) is 0 Å². The Hall–Kier alpha value is -1.23. The van der Waals surface area contributed by atoms with E-state index in [1.807, 2.05) is 7.05 Å². The number of carbonyl (C=O) groups is 1. The summed E-state index contributed by atoms with van der Waals surface area (Å²) in [5, 5.41) is 9.84. The predicted octanol–water partition coefficient (Wildman–Crippen LogP) is 2.30. The van der Waals surface area contributed by atoms with E-state index in [2.05, 4.69) is 18.7 Å². The molecule has 0 saturated carbocycles. The number of likely N-dealkylation sites (N-methyl/N-ethyl adjacent to an activating group) is 1. The van der Waals surface area contributed by atoms with Gasteiger partial charge in [0.2, 0.25) is 0 Å². The van der Waals surface area contributed by atoms with Crippen molar-refractivity contribution in [3.8, 4) is 5.75 Å². The van der Waals surface area contributed by atoms with Gasteiger partial charge < -0.3 is 14.7 Å². The average Bonchev–Trinajstić information content (AvgIpc) is 2.61. The Balaban J connectivity index is 2.32. The fourth-order valence-corrected chi connectivity index (χ4v) is 2.62. The number of thiophene rings is 1. The topological polar surface area (TPSA) is 49.8 Å². The summed E-state index contributed by atoms with van der Waals surface area (Å²) < 4.78 is 5.80. The number of ether oxygens (including phenoxy) is 1. The van der Waals surface area contributed by atoms with Crippen LogP contribution in [-0.2, 0) is 0 Å². The van der Waals surface area contributed by atoms with Crippen LogP contribution in [0.5, 0.6) is 5.75 Å². The molecule has 1 atom stereocenters. The van der Waals surface area contributed by atoms with Crippen molar-refractivity contribution in [1.29, 1.82) is 0 Å². The number of nitrogens with zero attached hydrogens (tertiary/aromatic N) is 1. The van der Waals surface area contributed by atoms with Crippen molar-refractivity contribution in [2.45, 2.75) is 20.0 Å². The molecule has 1 aromatic heterocycles. The Morgan fingerprint density at radius 1 is 1.69 bits per heavy atom. The fourth-order valence-electron chi connectivity index (χ4n) is 1.72. The molecule has 16 heavy (non-hydrogen) atoms. The second-order valence-corrected chi connectivity index (χ2v) is 5.40. The average molecular weight is 241 g/mol. The molecule has 0 fully saturated rings. The Labute approximate surface area is 98.4 Å². The Morgan fingerprint density at radius 2 is 2.38 bits per heavy atom. The van der Waals surface area contributed by atoms with E-state index in [0.29, 0.717) is 16.5 Å². The van der Waals surface area contributed by atoms with Crippen molar-refractivity contribution in [1.82, 2.24) is 0 Å². The van der Waals surface area contributed by atoms with Crippen molar-refractivity contribution in [2.75, 3.05) is 18.5 Å². The zero-order valence-electron chi connectivity index (χ0n) is 9.56. The summed E-state index contributed by atoms with van der Waals surface area (Å²) in [5.41, 5.74) is 0. The summed E-state index contributed by atoms with van der Waals surface area (Å²) in [4.78, 5) is 13.3. The maximum atomic E-state index is 10.9. The molecular weight excluding hydrogens is 226 g/mol. The minimum absolute atomic E-state index is 0.133. The molecule has 0 saturated heterocycles. The number of carboxylic acid groups (broad SMARTS) is 1. The van der Waals surface area contributed by atoms with Crippen molar-refractivity contribution < 1.29 is 14.6 Å². The lowest BCUT2D eigenvalue weighted by Gasteiger charge is -2.33. The van der Waals surface area contributed by atoms with Gasteiger partial charge in [-0.3, -0.25) is 0 Å². The molecule has 2 heterocycles. The smallest absolute Gasteiger partial charge is 0.346 e.